The van der Waals surface area contributed by atoms with E-state index in [0.29, 0.717) is 6.04 Å². The van der Waals surface area contributed by atoms with Crippen LogP contribution in [0.3, 0.4) is 0 Å². The van der Waals surface area contributed by atoms with Gasteiger partial charge < -0.3 is 10.3 Å². The van der Waals surface area contributed by atoms with E-state index in [1.54, 1.807) is 11.3 Å². The summed E-state index contributed by atoms with van der Waals surface area (Å²) in [4.78, 5) is 17.2. The molecule has 2 aromatic carbocycles. The van der Waals surface area contributed by atoms with E-state index in [9.17, 15) is 4.79 Å². The average molecular weight is 477 g/mol. The number of aryl methyl sites for hydroxylation is 1. The predicted molar refractivity (Wildman–Crippen MR) is 137 cm³/mol. The van der Waals surface area contributed by atoms with Crippen LogP contribution in [0.4, 0.5) is 5.13 Å². The lowest BCUT2D eigenvalue weighted by molar-refractivity contribution is 0.0991. The molecular formula is C26H28N4OS2. The van der Waals surface area contributed by atoms with Crippen LogP contribution in [0.2, 0.25) is 0 Å². The van der Waals surface area contributed by atoms with Crippen molar-refractivity contribution in [2.75, 3.05) is 5.32 Å². The van der Waals surface area contributed by atoms with E-state index < -0.39 is 0 Å². The van der Waals surface area contributed by atoms with Gasteiger partial charge in [-0.2, -0.15) is 0 Å². The molecule has 0 spiro atoms. The van der Waals surface area contributed by atoms with E-state index in [-0.39, 0.29) is 11.0 Å². The molecule has 0 radical (unpaired) electrons. The minimum Gasteiger partial charge on any atom is -0.360 e. The number of anilines is 1. The van der Waals surface area contributed by atoms with Gasteiger partial charge in [0.2, 0.25) is 5.13 Å². The number of nitrogens with one attached hydrogen (secondary N) is 2. The third kappa shape index (κ3) is 4.84. The van der Waals surface area contributed by atoms with Crippen molar-refractivity contribution in [3.8, 4) is 0 Å². The summed E-state index contributed by atoms with van der Waals surface area (Å²) >= 11 is 3.03. The van der Waals surface area contributed by atoms with Gasteiger partial charge in [0.05, 0.1) is 0 Å². The first-order valence-electron chi connectivity index (χ1n) is 11.7. The first-order valence-corrected chi connectivity index (χ1v) is 13.4. The van der Waals surface area contributed by atoms with E-state index in [2.05, 4.69) is 33.5 Å². The third-order valence-corrected chi connectivity index (χ3v) is 8.54. The molecule has 1 fully saturated rings. The number of hydrogen-bond donors (Lipinski definition) is 2. The second-order valence-corrected chi connectivity index (χ2v) is 10.9. The Labute approximate surface area is 202 Å². The SMILES string of the molecule is CCc1cccc2c(C(=O)[C@H](Sc3nnc(NC4CCCCC4)s3)c3ccccc3)c[nH]c12. The van der Waals surface area contributed by atoms with Crippen molar-refractivity contribution in [1.29, 1.82) is 0 Å². The first-order chi connectivity index (χ1) is 16.2. The Morgan fingerprint density at radius 3 is 2.73 bits per heavy atom. The molecule has 33 heavy (non-hydrogen) atoms. The van der Waals surface area contributed by atoms with Gasteiger partial charge in [0.25, 0.3) is 0 Å². The van der Waals surface area contributed by atoms with Crippen LogP contribution < -0.4 is 5.32 Å². The molecule has 7 heteroatoms. The number of aromatic amines is 1. The van der Waals surface area contributed by atoms with Crippen molar-refractivity contribution in [3.63, 3.8) is 0 Å². The number of nitrogens with zero attached hydrogens (tertiary/aromatic N) is 2. The Balaban J connectivity index is 1.42. The van der Waals surface area contributed by atoms with Gasteiger partial charge in [-0.15, -0.1) is 10.2 Å². The summed E-state index contributed by atoms with van der Waals surface area (Å²) in [7, 11) is 0. The number of aromatic nitrogens is 3. The number of rotatable bonds is 8. The van der Waals surface area contributed by atoms with Crippen molar-refractivity contribution < 1.29 is 4.79 Å². The molecule has 1 atom stereocenters. The molecule has 2 N–H and O–H groups in total. The van der Waals surface area contributed by atoms with E-state index in [0.717, 1.165) is 37.9 Å². The quantitative estimate of drug-likeness (QED) is 0.211. The van der Waals surface area contributed by atoms with Gasteiger partial charge in [0.15, 0.2) is 10.1 Å². The molecule has 2 aromatic heterocycles. The van der Waals surface area contributed by atoms with E-state index in [1.807, 2.05) is 48.7 Å². The van der Waals surface area contributed by atoms with Gasteiger partial charge >= 0.3 is 0 Å². The van der Waals surface area contributed by atoms with Crippen LogP contribution in [0.25, 0.3) is 10.9 Å². The maximum absolute atomic E-state index is 13.8. The Kier molecular flexibility index (Phi) is 6.78. The highest BCUT2D eigenvalue weighted by molar-refractivity contribution is 8.02. The molecule has 5 nitrogen and oxygen atoms in total. The minimum absolute atomic E-state index is 0.0858. The highest BCUT2D eigenvalue weighted by Crippen LogP contribution is 2.41. The molecule has 0 bridgehead atoms. The summed E-state index contributed by atoms with van der Waals surface area (Å²) in [6.07, 6.45) is 9.02. The number of fused-ring (bicyclic) bond motifs is 1. The van der Waals surface area contributed by atoms with Crippen LogP contribution in [0.15, 0.2) is 59.1 Å². The van der Waals surface area contributed by atoms with Crippen molar-refractivity contribution in [1.82, 2.24) is 15.2 Å². The number of thioether (sulfide) groups is 1. The van der Waals surface area contributed by atoms with Crippen LogP contribution in [-0.2, 0) is 6.42 Å². The van der Waals surface area contributed by atoms with E-state index in [1.165, 1.54) is 49.4 Å². The molecule has 5 rings (SSSR count). The maximum Gasteiger partial charge on any atom is 0.206 e. The molecule has 0 unspecified atom stereocenters. The first kappa shape index (κ1) is 22.2. The lowest BCUT2D eigenvalue weighted by Gasteiger charge is -2.21. The number of H-pyrrole nitrogens is 1. The zero-order chi connectivity index (χ0) is 22.6. The Hall–Kier alpha value is -2.64. The summed E-state index contributed by atoms with van der Waals surface area (Å²) in [5, 5.41) is 13.8. The number of carbonyl (C=O) groups excluding carboxylic acids is 1. The van der Waals surface area contributed by atoms with Gasteiger partial charge in [-0.05, 0) is 30.4 Å². The van der Waals surface area contributed by atoms with Gasteiger partial charge in [-0.1, -0.05) is 97.8 Å². The van der Waals surface area contributed by atoms with Crippen LogP contribution in [0.1, 0.15) is 65.8 Å². The Morgan fingerprint density at radius 1 is 1.12 bits per heavy atom. The zero-order valence-electron chi connectivity index (χ0n) is 18.7. The number of benzene rings is 2. The van der Waals surface area contributed by atoms with Crippen LogP contribution in [0.5, 0.6) is 0 Å². The summed E-state index contributed by atoms with van der Waals surface area (Å²) in [5.74, 6) is 0.0858. The van der Waals surface area contributed by atoms with E-state index >= 15 is 0 Å². The number of Topliss-reactive ketones (excluding diaryl/α,β-unsaturated/α-hetero) is 1. The molecule has 1 aliphatic rings. The monoisotopic (exact) mass is 476 g/mol. The highest BCUT2D eigenvalue weighted by atomic mass is 32.2. The highest BCUT2D eigenvalue weighted by Gasteiger charge is 2.27. The number of ketones is 1. The lowest BCUT2D eigenvalue weighted by atomic mass is 9.96. The van der Waals surface area contributed by atoms with Gasteiger partial charge in [0, 0.05) is 28.7 Å². The Morgan fingerprint density at radius 2 is 1.94 bits per heavy atom. The number of hydrogen-bond acceptors (Lipinski definition) is 6. The molecule has 170 valence electrons. The van der Waals surface area contributed by atoms with Crippen molar-refractivity contribution in [2.45, 2.75) is 61.1 Å². The van der Waals surface area contributed by atoms with Crippen LogP contribution in [0, 0.1) is 0 Å². The smallest absolute Gasteiger partial charge is 0.206 e. The zero-order valence-corrected chi connectivity index (χ0v) is 20.3. The largest absolute Gasteiger partial charge is 0.360 e. The molecule has 0 amide bonds. The maximum atomic E-state index is 13.8. The predicted octanol–water partition coefficient (Wildman–Crippen LogP) is 7.04. The number of carbonyl (C=O) groups is 1. The summed E-state index contributed by atoms with van der Waals surface area (Å²) in [6, 6.07) is 16.6. The van der Waals surface area contributed by atoms with Gasteiger partial charge in [-0.25, -0.2) is 0 Å². The number of para-hydroxylation sites is 1. The molecule has 1 aliphatic carbocycles. The fourth-order valence-electron chi connectivity index (χ4n) is 4.60. The molecule has 4 aromatic rings. The second kappa shape index (κ2) is 10.1. The fourth-order valence-corrected chi connectivity index (χ4v) is 6.68. The van der Waals surface area contributed by atoms with Gasteiger partial charge in [0.1, 0.15) is 5.25 Å². The van der Waals surface area contributed by atoms with Crippen molar-refractivity contribution in [2.24, 2.45) is 0 Å². The Bertz CT molecular complexity index is 1230. The normalized spacial score (nSPS) is 15.5. The molecule has 2 heterocycles. The topological polar surface area (TPSA) is 70.7 Å². The summed E-state index contributed by atoms with van der Waals surface area (Å²) in [6.45, 7) is 2.13. The van der Waals surface area contributed by atoms with E-state index in [4.69, 9.17) is 0 Å². The third-order valence-electron chi connectivity index (χ3n) is 6.35. The molecular weight excluding hydrogens is 448 g/mol. The van der Waals surface area contributed by atoms with Crippen LogP contribution in [-0.4, -0.2) is 27.0 Å². The molecule has 1 saturated carbocycles. The van der Waals surface area contributed by atoms with Gasteiger partial charge in [-0.3, -0.25) is 4.79 Å². The second-order valence-electron chi connectivity index (χ2n) is 8.52. The fraction of sp³-hybridized carbons (Fsp3) is 0.346. The van der Waals surface area contributed by atoms with Crippen molar-refractivity contribution >= 4 is 44.9 Å². The molecule has 0 saturated heterocycles. The summed E-state index contributed by atoms with van der Waals surface area (Å²) < 4.78 is 0.810. The minimum atomic E-state index is -0.383. The standard InChI is InChI=1S/C26H28N4OS2/c1-2-17-12-9-15-20-21(16-27-22(17)20)23(31)24(18-10-5-3-6-11-18)32-26-30-29-25(33-26)28-19-13-7-4-8-14-19/h3,5-6,9-12,15-16,19,24,27H,2,4,7-8,13-14H2,1H3,(H,28,29)/t24-/m1/s1. The van der Waals surface area contributed by atoms with Crippen molar-refractivity contribution in [3.05, 3.63) is 71.4 Å². The molecule has 0 aliphatic heterocycles. The van der Waals surface area contributed by atoms with Crippen LogP contribution >= 0.6 is 23.1 Å². The summed E-state index contributed by atoms with van der Waals surface area (Å²) in [5.41, 5.74) is 3.98. The average Bonchev–Trinajstić information content (AvgIpc) is 3.50. The lowest BCUT2D eigenvalue weighted by Crippen LogP contribution is -2.21.